The summed E-state index contributed by atoms with van der Waals surface area (Å²) in [6, 6.07) is 0.562. The maximum Gasteiger partial charge on any atom is 0.157 e. The quantitative estimate of drug-likeness (QED) is 0.697. The molecule has 0 aromatic carbocycles. The second-order valence-electron chi connectivity index (χ2n) is 3.64. The maximum absolute atomic E-state index is 5.54. The Morgan fingerprint density at radius 3 is 2.93 bits per heavy atom. The highest BCUT2D eigenvalue weighted by Gasteiger charge is 1.99. The molecule has 0 saturated carbocycles. The van der Waals surface area contributed by atoms with E-state index < -0.39 is 0 Å². The number of hydrogen-bond donors (Lipinski definition) is 1. The van der Waals surface area contributed by atoms with Crippen LogP contribution < -0.4 is 10.1 Å². The van der Waals surface area contributed by atoms with Crippen molar-refractivity contribution in [1.82, 2.24) is 15.1 Å². The van der Waals surface area contributed by atoms with Gasteiger partial charge in [-0.3, -0.25) is 4.68 Å². The van der Waals surface area contributed by atoms with Gasteiger partial charge in [0.05, 0.1) is 12.4 Å². The molecule has 0 aliphatic carbocycles. The number of nitrogens with zero attached hydrogens (tertiary/aromatic N) is 2. The van der Waals surface area contributed by atoms with Crippen molar-refractivity contribution in [3.63, 3.8) is 0 Å². The number of aromatic nitrogens is 2. The van der Waals surface area contributed by atoms with E-state index in [1.54, 1.807) is 6.20 Å². The lowest BCUT2D eigenvalue weighted by atomic mass is 10.3. The molecule has 1 unspecified atom stereocenters. The van der Waals surface area contributed by atoms with Gasteiger partial charge >= 0.3 is 0 Å². The zero-order chi connectivity index (χ0) is 11.1. The summed E-state index contributed by atoms with van der Waals surface area (Å²) in [4.78, 5) is 0. The van der Waals surface area contributed by atoms with Gasteiger partial charge in [-0.25, -0.2) is 0 Å². The third-order valence-corrected chi connectivity index (χ3v) is 2.41. The van der Waals surface area contributed by atoms with Crippen molar-refractivity contribution in [2.75, 3.05) is 13.2 Å². The molecule has 15 heavy (non-hydrogen) atoms. The second kappa shape index (κ2) is 6.45. The molecular formula is C11H21N3O. The molecule has 0 amide bonds. The first-order valence-corrected chi connectivity index (χ1v) is 5.64. The maximum atomic E-state index is 5.54. The Morgan fingerprint density at radius 2 is 2.33 bits per heavy atom. The van der Waals surface area contributed by atoms with E-state index in [0.717, 1.165) is 25.3 Å². The van der Waals surface area contributed by atoms with Crippen LogP contribution in [0, 0.1) is 0 Å². The lowest BCUT2D eigenvalue weighted by Gasteiger charge is -2.10. The Bertz CT molecular complexity index is 273. The van der Waals surface area contributed by atoms with Crippen LogP contribution in [0.15, 0.2) is 12.4 Å². The smallest absolute Gasteiger partial charge is 0.157 e. The van der Waals surface area contributed by atoms with Crippen molar-refractivity contribution < 1.29 is 4.74 Å². The Labute approximate surface area is 91.6 Å². The van der Waals surface area contributed by atoms with E-state index in [-0.39, 0.29) is 0 Å². The first-order valence-electron chi connectivity index (χ1n) is 5.64. The highest BCUT2D eigenvalue weighted by Crippen LogP contribution is 2.07. The minimum absolute atomic E-state index is 0.562. The Balaban J connectivity index is 2.14. The third kappa shape index (κ3) is 4.34. The van der Waals surface area contributed by atoms with Crippen molar-refractivity contribution in [3.05, 3.63) is 12.4 Å². The summed E-state index contributed by atoms with van der Waals surface area (Å²) in [7, 11) is 0. The van der Waals surface area contributed by atoms with Crippen molar-refractivity contribution in [1.29, 1.82) is 0 Å². The van der Waals surface area contributed by atoms with E-state index in [4.69, 9.17) is 4.74 Å². The van der Waals surface area contributed by atoms with E-state index >= 15 is 0 Å². The van der Waals surface area contributed by atoms with Crippen LogP contribution in [0.5, 0.6) is 5.75 Å². The van der Waals surface area contributed by atoms with Crippen molar-refractivity contribution >= 4 is 0 Å². The van der Waals surface area contributed by atoms with E-state index in [1.165, 1.54) is 0 Å². The van der Waals surface area contributed by atoms with Crippen molar-refractivity contribution in [3.8, 4) is 5.75 Å². The molecule has 4 nitrogen and oxygen atoms in total. The van der Waals surface area contributed by atoms with Gasteiger partial charge in [0.2, 0.25) is 0 Å². The zero-order valence-corrected chi connectivity index (χ0v) is 9.86. The predicted molar refractivity (Wildman–Crippen MR) is 61.2 cm³/mol. The number of nitrogens with one attached hydrogen (secondary N) is 1. The van der Waals surface area contributed by atoms with Crippen LogP contribution in [0.4, 0.5) is 0 Å². The van der Waals surface area contributed by atoms with Gasteiger partial charge < -0.3 is 10.1 Å². The molecular weight excluding hydrogens is 190 g/mol. The highest BCUT2D eigenvalue weighted by molar-refractivity contribution is 5.11. The second-order valence-corrected chi connectivity index (χ2v) is 3.64. The molecule has 1 N–H and O–H groups in total. The first-order chi connectivity index (χ1) is 7.26. The standard InChI is InChI=1S/C11H21N3O/c1-4-10(3)12-6-7-15-11-8-13-14(5-2)9-11/h8-10,12H,4-7H2,1-3H3. The summed E-state index contributed by atoms with van der Waals surface area (Å²) >= 11 is 0. The van der Waals surface area contributed by atoms with Gasteiger partial charge in [-0.2, -0.15) is 5.10 Å². The Kier molecular flexibility index (Phi) is 5.18. The summed E-state index contributed by atoms with van der Waals surface area (Å²) < 4.78 is 7.40. The van der Waals surface area contributed by atoms with Crippen molar-refractivity contribution in [2.24, 2.45) is 0 Å². The van der Waals surface area contributed by atoms with Crippen LogP contribution in [0.1, 0.15) is 27.2 Å². The van der Waals surface area contributed by atoms with Gasteiger partial charge in [-0.1, -0.05) is 6.92 Å². The fraction of sp³-hybridized carbons (Fsp3) is 0.727. The monoisotopic (exact) mass is 211 g/mol. The van der Waals surface area contributed by atoms with Crippen LogP contribution in [0.25, 0.3) is 0 Å². The van der Waals surface area contributed by atoms with Crippen LogP contribution in [0.2, 0.25) is 0 Å². The molecule has 1 rings (SSSR count). The summed E-state index contributed by atoms with van der Waals surface area (Å²) in [6.45, 7) is 8.86. The number of hydrogen-bond acceptors (Lipinski definition) is 3. The van der Waals surface area contributed by atoms with Crippen LogP contribution in [-0.2, 0) is 6.54 Å². The normalized spacial score (nSPS) is 12.7. The molecule has 0 radical (unpaired) electrons. The summed E-state index contributed by atoms with van der Waals surface area (Å²) in [6.07, 6.45) is 4.82. The van der Waals surface area contributed by atoms with E-state index in [0.29, 0.717) is 12.6 Å². The highest BCUT2D eigenvalue weighted by atomic mass is 16.5. The molecule has 0 bridgehead atoms. The largest absolute Gasteiger partial charge is 0.489 e. The number of ether oxygens (including phenoxy) is 1. The van der Waals surface area contributed by atoms with Gasteiger partial charge in [-0.05, 0) is 20.3 Å². The fourth-order valence-corrected chi connectivity index (χ4v) is 1.21. The van der Waals surface area contributed by atoms with Crippen LogP contribution in [0.3, 0.4) is 0 Å². The lowest BCUT2D eigenvalue weighted by molar-refractivity contribution is 0.305. The average molecular weight is 211 g/mol. The topological polar surface area (TPSA) is 39.1 Å². The number of rotatable bonds is 7. The minimum Gasteiger partial charge on any atom is -0.489 e. The Morgan fingerprint density at radius 1 is 1.53 bits per heavy atom. The van der Waals surface area contributed by atoms with E-state index in [9.17, 15) is 0 Å². The summed E-state index contributed by atoms with van der Waals surface area (Å²) in [5.74, 6) is 0.850. The molecule has 86 valence electrons. The molecule has 0 fully saturated rings. The van der Waals surface area contributed by atoms with E-state index in [1.807, 2.05) is 10.9 Å². The lowest BCUT2D eigenvalue weighted by Crippen LogP contribution is -2.29. The molecule has 0 aliphatic heterocycles. The summed E-state index contributed by atoms with van der Waals surface area (Å²) in [5.41, 5.74) is 0. The Hall–Kier alpha value is -1.03. The van der Waals surface area contributed by atoms with Gasteiger partial charge in [0.1, 0.15) is 6.61 Å². The summed E-state index contributed by atoms with van der Waals surface area (Å²) in [5, 5.41) is 7.51. The fourth-order valence-electron chi connectivity index (χ4n) is 1.21. The zero-order valence-electron chi connectivity index (χ0n) is 9.86. The van der Waals surface area contributed by atoms with Crippen LogP contribution >= 0.6 is 0 Å². The molecule has 0 spiro atoms. The van der Waals surface area contributed by atoms with Crippen molar-refractivity contribution in [2.45, 2.75) is 39.8 Å². The first kappa shape index (κ1) is 12.0. The SMILES string of the molecule is CCC(C)NCCOc1cnn(CC)c1. The molecule has 4 heteroatoms. The minimum atomic E-state index is 0.562. The third-order valence-electron chi connectivity index (χ3n) is 2.41. The van der Waals surface area contributed by atoms with Gasteiger partial charge in [0.25, 0.3) is 0 Å². The molecule has 1 atom stereocenters. The number of aryl methyl sites for hydroxylation is 1. The average Bonchev–Trinajstić information content (AvgIpc) is 2.72. The van der Waals surface area contributed by atoms with Gasteiger partial charge in [-0.15, -0.1) is 0 Å². The van der Waals surface area contributed by atoms with Gasteiger partial charge in [0, 0.05) is 19.1 Å². The molecule has 1 heterocycles. The molecule has 1 aromatic heterocycles. The van der Waals surface area contributed by atoms with E-state index in [2.05, 4.69) is 31.2 Å². The molecule has 0 aliphatic rings. The molecule has 0 saturated heterocycles. The molecule has 1 aromatic rings. The van der Waals surface area contributed by atoms with Crippen LogP contribution in [-0.4, -0.2) is 29.0 Å². The predicted octanol–water partition coefficient (Wildman–Crippen LogP) is 1.67. The van der Waals surface area contributed by atoms with Gasteiger partial charge in [0.15, 0.2) is 5.75 Å².